The lowest BCUT2D eigenvalue weighted by molar-refractivity contribution is -0.139. The van der Waals surface area contributed by atoms with Crippen LogP contribution in [0.1, 0.15) is 36.5 Å². The lowest BCUT2D eigenvalue weighted by Crippen LogP contribution is -2.41. The summed E-state index contributed by atoms with van der Waals surface area (Å²) in [5.74, 6) is -2.50. The molecule has 1 rings (SSSR count). The lowest BCUT2D eigenvalue weighted by atomic mass is 10.1. The summed E-state index contributed by atoms with van der Waals surface area (Å²) >= 11 is 0. The standard InChI is InChI=1S/C13H17FN2O3/c1-2-3-7-10(13(18)19)16-12(17)8-5-4-6-9(14)11(8)15/h4-6,10H,2-3,7,15H2,1H3,(H,16,17)(H,18,19)/t10-/m0/s1. The first-order valence-corrected chi connectivity index (χ1v) is 6.05. The second-order valence-corrected chi connectivity index (χ2v) is 4.21. The molecule has 0 radical (unpaired) electrons. The number of benzene rings is 1. The number of aliphatic carboxylic acids is 1. The Morgan fingerprint density at radius 2 is 2.16 bits per heavy atom. The zero-order valence-electron chi connectivity index (χ0n) is 10.6. The van der Waals surface area contributed by atoms with E-state index in [2.05, 4.69) is 5.32 Å². The molecule has 104 valence electrons. The predicted molar refractivity (Wildman–Crippen MR) is 69.2 cm³/mol. The Hall–Kier alpha value is -2.11. The third kappa shape index (κ3) is 3.94. The second kappa shape index (κ2) is 6.72. The number of nitrogen functional groups attached to an aromatic ring is 1. The first-order chi connectivity index (χ1) is 8.97. The van der Waals surface area contributed by atoms with Crippen LogP contribution in [0.3, 0.4) is 0 Å². The zero-order chi connectivity index (χ0) is 14.4. The highest BCUT2D eigenvalue weighted by Crippen LogP contribution is 2.16. The van der Waals surface area contributed by atoms with Crippen LogP contribution in [-0.2, 0) is 4.79 Å². The SMILES string of the molecule is CCCC[C@H](NC(=O)c1cccc(F)c1N)C(=O)O. The van der Waals surface area contributed by atoms with E-state index in [1.54, 1.807) is 0 Å². The van der Waals surface area contributed by atoms with Gasteiger partial charge in [0.25, 0.3) is 5.91 Å². The third-order valence-corrected chi connectivity index (χ3v) is 2.75. The van der Waals surface area contributed by atoms with Crippen LogP contribution in [0.4, 0.5) is 10.1 Å². The van der Waals surface area contributed by atoms with Crippen molar-refractivity contribution in [2.75, 3.05) is 5.73 Å². The highest BCUT2D eigenvalue weighted by molar-refractivity contribution is 6.00. The Labute approximate surface area is 110 Å². The number of carboxylic acid groups (broad SMARTS) is 1. The fourth-order valence-corrected chi connectivity index (χ4v) is 1.64. The average molecular weight is 268 g/mol. The van der Waals surface area contributed by atoms with Crippen LogP contribution in [0.2, 0.25) is 0 Å². The van der Waals surface area contributed by atoms with Crippen molar-refractivity contribution >= 4 is 17.6 Å². The maximum absolute atomic E-state index is 13.2. The predicted octanol–water partition coefficient (Wildman–Crippen LogP) is 1.78. The molecule has 1 aromatic rings. The number of rotatable bonds is 6. The van der Waals surface area contributed by atoms with Gasteiger partial charge in [-0.2, -0.15) is 0 Å². The first kappa shape index (κ1) is 14.9. The molecule has 0 saturated heterocycles. The van der Waals surface area contributed by atoms with E-state index in [1.165, 1.54) is 12.1 Å². The van der Waals surface area contributed by atoms with E-state index in [9.17, 15) is 14.0 Å². The van der Waals surface area contributed by atoms with Gasteiger partial charge in [0.05, 0.1) is 11.3 Å². The van der Waals surface area contributed by atoms with Gasteiger partial charge >= 0.3 is 5.97 Å². The molecule has 0 fully saturated rings. The number of carbonyl (C=O) groups is 2. The van der Waals surface area contributed by atoms with E-state index in [-0.39, 0.29) is 11.3 Å². The minimum absolute atomic E-state index is 0.0530. The van der Waals surface area contributed by atoms with E-state index in [1.807, 2.05) is 6.92 Å². The summed E-state index contributed by atoms with van der Waals surface area (Å²) in [5, 5.41) is 11.3. The fourth-order valence-electron chi connectivity index (χ4n) is 1.64. The van der Waals surface area contributed by atoms with Crippen LogP contribution < -0.4 is 11.1 Å². The number of carbonyl (C=O) groups excluding carboxylic acids is 1. The van der Waals surface area contributed by atoms with Gasteiger partial charge in [-0.3, -0.25) is 4.79 Å². The Kier molecular flexibility index (Phi) is 5.29. The molecule has 0 bridgehead atoms. The molecule has 0 unspecified atom stereocenters. The smallest absolute Gasteiger partial charge is 0.326 e. The molecule has 1 amide bonds. The Morgan fingerprint density at radius 3 is 2.74 bits per heavy atom. The van der Waals surface area contributed by atoms with Gasteiger partial charge in [-0.1, -0.05) is 25.8 Å². The molecule has 0 aliphatic carbocycles. The molecule has 19 heavy (non-hydrogen) atoms. The maximum atomic E-state index is 13.2. The Bertz CT molecular complexity index is 477. The van der Waals surface area contributed by atoms with Gasteiger partial charge in [-0.25, -0.2) is 9.18 Å². The molecule has 0 spiro atoms. The van der Waals surface area contributed by atoms with Crippen LogP contribution in [0, 0.1) is 5.82 Å². The topological polar surface area (TPSA) is 92.4 Å². The number of hydrogen-bond donors (Lipinski definition) is 3. The number of halogens is 1. The number of amides is 1. The maximum Gasteiger partial charge on any atom is 0.326 e. The average Bonchev–Trinajstić information content (AvgIpc) is 2.37. The van der Waals surface area contributed by atoms with Gasteiger partial charge in [0.2, 0.25) is 0 Å². The summed E-state index contributed by atoms with van der Waals surface area (Å²) in [6, 6.07) is 2.85. The minimum atomic E-state index is -1.11. The quantitative estimate of drug-likeness (QED) is 0.686. The van der Waals surface area contributed by atoms with Crippen molar-refractivity contribution in [3.05, 3.63) is 29.6 Å². The van der Waals surface area contributed by atoms with Crippen molar-refractivity contribution < 1.29 is 19.1 Å². The molecule has 0 saturated carbocycles. The van der Waals surface area contributed by atoms with E-state index < -0.39 is 23.7 Å². The summed E-state index contributed by atoms with van der Waals surface area (Å²) in [6.07, 6.45) is 1.82. The molecule has 5 nitrogen and oxygen atoms in total. The molecular formula is C13H17FN2O3. The molecule has 6 heteroatoms. The van der Waals surface area contributed by atoms with E-state index in [0.717, 1.165) is 12.5 Å². The Morgan fingerprint density at radius 1 is 1.47 bits per heavy atom. The van der Waals surface area contributed by atoms with Crippen molar-refractivity contribution in [3.63, 3.8) is 0 Å². The second-order valence-electron chi connectivity index (χ2n) is 4.21. The number of para-hydroxylation sites is 1. The van der Waals surface area contributed by atoms with Crippen LogP contribution in [0.25, 0.3) is 0 Å². The Balaban J connectivity index is 2.82. The summed E-state index contributed by atoms with van der Waals surface area (Å²) in [6.45, 7) is 1.92. The van der Waals surface area contributed by atoms with Crippen LogP contribution in [-0.4, -0.2) is 23.0 Å². The third-order valence-electron chi connectivity index (χ3n) is 2.75. The lowest BCUT2D eigenvalue weighted by Gasteiger charge is -2.15. The number of carboxylic acids is 1. The zero-order valence-corrected chi connectivity index (χ0v) is 10.6. The van der Waals surface area contributed by atoms with Gasteiger partial charge < -0.3 is 16.2 Å². The summed E-state index contributed by atoms with van der Waals surface area (Å²) in [4.78, 5) is 22.9. The van der Waals surface area contributed by atoms with E-state index >= 15 is 0 Å². The van der Waals surface area contributed by atoms with Gasteiger partial charge in [0, 0.05) is 0 Å². The van der Waals surface area contributed by atoms with Crippen LogP contribution in [0.15, 0.2) is 18.2 Å². The molecule has 0 aliphatic heterocycles. The summed E-state index contributed by atoms with van der Waals surface area (Å²) in [5.41, 5.74) is 5.12. The number of nitrogens with two attached hydrogens (primary N) is 1. The molecular weight excluding hydrogens is 251 g/mol. The van der Waals surface area contributed by atoms with E-state index in [4.69, 9.17) is 10.8 Å². The number of anilines is 1. The minimum Gasteiger partial charge on any atom is -0.480 e. The van der Waals surface area contributed by atoms with Gasteiger partial charge in [-0.15, -0.1) is 0 Å². The molecule has 0 aliphatic rings. The van der Waals surface area contributed by atoms with Crippen molar-refractivity contribution in [2.45, 2.75) is 32.2 Å². The van der Waals surface area contributed by atoms with Crippen molar-refractivity contribution in [3.8, 4) is 0 Å². The van der Waals surface area contributed by atoms with Crippen molar-refractivity contribution in [1.29, 1.82) is 0 Å². The van der Waals surface area contributed by atoms with Crippen molar-refractivity contribution in [1.82, 2.24) is 5.32 Å². The normalized spacial score (nSPS) is 11.9. The van der Waals surface area contributed by atoms with Crippen LogP contribution >= 0.6 is 0 Å². The molecule has 0 heterocycles. The van der Waals surface area contributed by atoms with Gasteiger partial charge in [0.15, 0.2) is 0 Å². The summed E-state index contributed by atoms with van der Waals surface area (Å²) < 4.78 is 13.2. The fraction of sp³-hybridized carbons (Fsp3) is 0.385. The molecule has 1 aromatic carbocycles. The number of unbranched alkanes of at least 4 members (excludes halogenated alkanes) is 1. The highest BCUT2D eigenvalue weighted by Gasteiger charge is 2.21. The molecule has 0 aromatic heterocycles. The van der Waals surface area contributed by atoms with Crippen molar-refractivity contribution in [2.24, 2.45) is 0 Å². The molecule has 4 N–H and O–H groups in total. The van der Waals surface area contributed by atoms with Crippen LogP contribution in [0.5, 0.6) is 0 Å². The molecule has 1 atom stereocenters. The highest BCUT2D eigenvalue weighted by atomic mass is 19.1. The monoisotopic (exact) mass is 268 g/mol. The van der Waals surface area contributed by atoms with E-state index in [0.29, 0.717) is 12.8 Å². The van der Waals surface area contributed by atoms with Gasteiger partial charge in [0.1, 0.15) is 11.9 Å². The first-order valence-electron chi connectivity index (χ1n) is 6.05. The summed E-state index contributed by atoms with van der Waals surface area (Å²) in [7, 11) is 0. The number of nitrogens with one attached hydrogen (secondary N) is 1. The largest absolute Gasteiger partial charge is 0.480 e. The van der Waals surface area contributed by atoms with Gasteiger partial charge in [-0.05, 0) is 18.6 Å². The number of hydrogen-bond acceptors (Lipinski definition) is 3.